The normalized spacial score (nSPS) is 11.2. The lowest BCUT2D eigenvalue weighted by atomic mass is 10.1. The second-order valence-corrected chi connectivity index (χ2v) is 14.9. The van der Waals surface area contributed by atoms with Crippen LogP contribution >= 0.6 is 0 Å². The summed E-state index contributed by atoms with van der Waals surface area (Å²) in [6, 6.07) is 17.8. The largest absolute Gasteiger partial charge is 0.494 e. The van der Waals surface area contributed by atoms with Crippen LogP contribution in [0.4, 0.5) is 5.69 Å². The average molecular weight is 770 g/mol. The van der Waals surface area contributed by atoms with E-state index in [-0.39, 0.29) is 16.9 Å². The minimum atomic E-state index is -0.740. The molecule has 306 valence electrons. The third-order valence-corrected chi connectivity index (χ3v) is 10.1. The van der Waals surface area contributed by atoms with Gasteiger partial charge in [-0.25, -0.2) is 4.79 Å². The summed E-state index contributed by atoms with van der Waals surface area (Å²) in [5.74, 6) is 0.0397. The number of nitro groups is 1. The molecule has 0 spiro atoms. The molecule has 0 radical (unpaired) electrons. The van der Waals surface area contributed by atoms with Gasteiger partial charge in [0.05, 0.1) is 23.7 Å². The number of rotatable bonds is 32. The molecule has 0 bridgehead atoms. The summed E-state index contributed by atoms with van der Waals surface area (Å²) < 4.78 is 17.1. The predicted molar refractivity (Wildman–Crippen MR) is 228 cm³/mol. The predicted octanol–water partition coefficient (Wildman–Crippen LogP) is 14.1. The molecule has 0 aliphatic carbocycles. The van der Waals surface area contributed by atoms with Gasteiger partial charge in [0.2, 0.25) is 5.75 Å². The molecule has 8 nitrogen and oxygen atoms in total. The molecule has 0 N–H and O–H groups in total. The van der Waals surface area contributed by atoms with Gasteiger partial charge in [-0.05, 0) is 73.0 Å². The molecule has 0 fully saturated rings. The number of allylic oxidation sites excluding steroid dienone is 1. The topological polar surface area (TPSA) is 105 Å². The molecule has 0 atom stereocenters. The average Bonchev–Trinajstić information content (AvgIpc) is 3.21. The molecule has 0 aliphatic heterocycles. The van der Waals surface area contributed by atoms with Gasteiger partial charge in [0.1, 0.15) is 11.5 Å². The van der Waals surface area contributed by atoms with Crippen molar-refractivity contribution in [3.8, 4) is 17.2 Å². The maximum Gasteiger partial charge on any atom is 0.343 e. The van der Waals surface area contributed by atoms with E-state index in [0.717, 1.165) is 36.6 Å². The van der Waals surface area contributed by atoms with E-state index in [1.165, 1.54) is 140 Å². The lowest BCUT2D eigenvalue weighted by Crippen LogP contribution is -2.10. The fraction of sp³-hybridized carbons (Fsp3) is 0.542. The van der Waals surface area contributed by atoms with Crippen LogP contribution in [0.15, 0.2) is 72.8 Å². The number of unbranched alkanes of at least 4 members (excludes halogenated alkanes) is 20. The zero-order valence-electron chi connectivity index (χ0n) is 34.3. The van der Waals surface area contributed by atoms with Gasteiger partial charge >= 0.3 is 11.7 Å². The summed E-state index contributed by atoms with van der Waals surface area (Å²) in [6.45, 7) is 5.78. The highest BCUT2D eigenvalue weighted by Gasteiger charge is 2.21. The van der Waals surface area contributed by atoms with E-state index in [4.69, 9.17) is 14.2 Å². The molecule has 3 aromatic carbocycles. The zero-order valence-corrected chi connectivity index (χ0v) is 34.3. The Hall–Kier alpha value is -4.46. The number of carbonyl (C=O) groups excluding carboxylic acids is 2. The summed E-state index contributed by atoms with van der Waals surface area (Å²) in [5, 5.41) is 11.9. The van der Waals surface area contributed by atoms with Gasteiger partial charge in [-0.1, -0.05) is 160 Å². The zero-order chi connectivity index (χ0) is 40.1. The third-order valence-electron chi connectivity index (χ3n) is 10.1. The summed E-state index contributed by atoms with van der Waals surface area (Å²) in [6.07, 6.45) is 31.1. The van der Waals surface area contributed by atoms with Crippen LogP contribution in [0.5, 0.6) is 17.2 Å². The van der Waals surface area contributed by atoms with Crippen molar-refractivity contribution in [2.45, 2.75) is 155 Å². The van der Waals surface area contributed by atoms with Gasteiger partial charge in [0, 0.05) is 11.6 Å². The fourth-order valence-corrected chi connectivity index (χ4v) is 6.60. The molecule has 8 heteroatoms. The first kappa shape index (κ1) is 45.9. The van der Waals surface area contributed by atoms with Crippen LogP contribution in [-0.4, -0.2) is 29.9 Å². The third kappa shape index (κ3) is 19.4. The number of nitro benzene ring substituents is 1. The van der Waals surface area contributed by atoms with Gasteiger partial charge in [0.25, 0.3) is 0 Å². The highest BCUT2D eigenvalue weighted by molar-refractivity contribution is 6.07. The minimum absolute atomic E-state index is 0.110. The van der Waals surface area contributed by atoms with Crippen LogP contribution in [-0.2, 0) is 0 Å². The van der Waals surface area contributed by atoms with Crippen molar-refractivity contribution in [3.63, 3.8) is 0 Å². The monoisotopic (exact) mass is 769 g/mol. The Morgan fingerprint density at radius 2 is 0.964 bits per heavy atom. The summed E-state index contributed by atoms with van der Waals surface area (Å²) in [4.78, 5) is 37.0. The van der Waals surface area contributed by atoms with Crippen LogP contribution in [0.1, 0.15) is 181 Å². The van der Waals surface area contributed by atoms with Crippen LogP contribution in [0.3, 0.4) is 0 Å². The summed E-state index contributed by atoms with van der Waals surface area (Å²) in [7, 11) is 0. The van der Waals surface area contributed by atoms with E-state index in [0.29, 0.717) is 19.0 Å². The quantitative estimate of drug-likeness (QED) is 0.0118. The number of hydrogen-bond acceptors (Lipinski definition) is 7. The van der Waals surface area contributed by atoms with E-state index in [1.807, 2.05) is 24.3 Å². The summed E-state index contributed by atoms with van der Waals surface area (Å²) >= 11 is 0. The molecule has 0 unspecified atom stereocenters. The van der Waals surface area contributed by atoms with Gasteiger partial charge in [-0.3, -0.25) is 14.9 Å². The number of benzene rings is 3. The molecule has 3 rings (SSSR count). The number of nitrogens with zero attached hydrogens (tertiary/aromatic N) is 1. The molecule has 0 amide bonds. The van der Waals surface area contributed by atoms with Crippen LogP contribution in [0, 0.1) is 10.1 Å². The van der Waals surface area contributed by atoms with Crippen molar-refractivity contribution < 1.29 is 28.7 Å². The standard InChI is InChI=1S/C48H67NO7/c1-3-5-7-9-11-13-15-16-18-20-22-24-38-55-44-33-28-41(29-34-44)48(51)56-47-36-30-42(39-45(47)49(52)53)46(50)35-27-40-25-31-43(32-26-40)54-37-23-21-19-17-14-12-10-8-6-4-2/h25-36,39H,3-24,37-38H2,1-2H3/b35-27+. The van der Waals surface area contributed by atoms with Crippen LogP contribution in [0.25, 0.3) is 6.08 Å². The maximum absolute atomic E-state index is 12.9. The Bertz CT molecular complexity index is 1570. The smallest absolute Gasteiger partial charge is 0.343 e. The number of hydrogen-bond donors (Lipinski definition) is 0. The first-order valence-corrected chi connectivity index (χ1v) is 21.6. The van der Waals surface area contributed by atoms with Crippen molar-refractivity contribution in [1.82, 2.24) is 0 Å². The molecule has 3 aromatic rings. The molecule has 0 aliphatic rings. The van der Waals surface area contributed by atoms with Gasteiger partial charge < -0.3 is 14.2 Å². The highest BCUT2D eigenvalue weighted by atomic mass is 16.6. The van der Waals surface area contributed by atoms with Gasteiger partial charge in [-0.15, -0.1) is 0 Å². The Kier molecular flexibility index (Phi) is 23.7. The molecule has 0 saturated heterocycles. The van der Waals surface area contributed by atoms with Crippen molar-refractivity contribution in [2.24, 2.45) is 0 Å². The Morgan fingerprint density at radius 1 is 0.554 bits per heavy atom. The number of ketones is 1. The van der Waals surface area contributed by atoms with Crippen molar-refractivity contribution in [2.75, 3.05) is 13.2 Å². The van der Waals surface area contributed by atoms with Crippen LogP contribution < -0.4 is 14.2 Å². The maximum atomic E-state index is 12.9. The molecule has 0 saturated carbocycles. The Balaban J connectivity index is 1.36. The molecule has 0 heterocycles. The van der Waals surface area contributed by atoms with E-state index < -0.39 is 22.4 Å². The molecular weight excluding hydrogens is 703 g/mol. The van der Waals surface area contributed by atoms with E-state index >= 15 is 0 Å². The highest BCUT2D eigenvalue weighted by Crippen LogP contribution is 2.30. The van der Waals surface area contributed by atoms with Crippen molar-refractivity contribution in [1.29, 1.82) is 0 Å². The first-order valence-electron chi connectivity index (χ1n) is 21.6. The first-order chi connectivity index (χ1) is 27.4. The van der Waals surface area contributed by atoms with Crippen molar-refractivity contribution in [3.05, 3.63) is 99.6 Å². The molecular formula is C48H67NO7. The molecule has 56 heavy (non-hydrogen) atoms. The van der Waals surface area contributed by atoms with Gasteiger partial charge in [0.15, 0.2) is 5.78 Å². The molecule has 0 aromatic heterocycles. The lowest BCUT2D eigenvalue weighted by molar-refractivity contribution is -0.385. The number of ether oxygens (including phenoxy) is 3. The lowest BCUT2D eigenvalue weighted by Gasteiger charge is -2.08. The Morgan fingerprint density at radius 3 is 1.41 bits per heavy atom. The van der Waals surface area contributed by atoms with E-state index in [9.17, 15) is 19.7 Å². The second-order valence-electron chi connectivity index (χ2n) is 14.9. The SMILES string of the molecule is CCCCCCCCCCCCCCOc1ccc(C(=O)Oc2ccc(C(=O)/C=C/c3ccc(OCCCCCCCCCCCC)cc3)cc2[N+](=O)[O-])cc1. The van der Waals surface area contributed by atoms with E-state index in [2.05, 4.69) is 13.8 Å². The summed E-state index contributed by atoms with van der Waals surface area (Å²) in [5.41, 5.74) is 0.670. The van der Waals surface area contributed by atoms with E-state index in [1.54, 1.807) is 30.3 Å². The minimum Gasteiger partial charge on any atom is -0.494 e. The second kappa shape index (κ2) is 28.9. The number of carbonyl (C=O) groups is 2. The van der Waals surface area contributed by atoms with Crippen molar-refractivity contribution >= 4 is 23.5 Å². The fourth-order valence-electron chi connectivity index (χ4n) is 6.60. The van der Waals surface area contributed by atoms with Gasteiger partial charge in [-0.2, -0.15) is 0 Å². The Labute approximate surface area is 336 Å². The van der Waals surface area contributed by atoms with Crippen LogP contribution in [0.2, 0.25) is 0 Å². The number of esters is 1.